The molecule has 1 saturated carbocycles. The van der Waals surface area contributed by atoms with Gasteiger partial charge in [0.2, 0.25) is 0 Å². The van der Waals surface area contributed by atoms with E-state index in [2.05, 4.69) is 4.90 Å². The summed E-state index contributed by atoms with van der Waals surface area (Å²) in [6.45, 7) is 2.58. The molecule has 12 heavy (non-hydrogen) atoms. The number of methoxy groups -OCH3 is 1. The molecule has 3 nitrogen and oxygen atoms in total. The first-order valence-electron chi connectivity index (χ1n) is 4.73. The maximum Gasteiger partial charge on any atom is 0.0710 e. The third-order valence-electron chi connectivity index (χ3n) is 3.10. The molecule has 0 aromatic rings. The summed E-state index contributed by atoms with van der Waals surface area (Å²) >= 11 is 0. The van der Waals surface area contributed by atoms with Crippen LogP contribution < -0.4 is 0 Å². The van der Waals surface area contributed by atoms with Crippen LogP contribution in [0, 0.1) is 5.92 Å². The Bertz CT molecular complexity index is 163. The van der Waals surface area contributed by atoms with E-state index in [-0.39, 0.29) is 0 Å². The van der Waals surface area contributed by atoms with Gasteiger partial charge < -0.3 is 9.84 Å². The highest BCUT2D eigenvalue weighted by molar-refractivity contribution is 4.97. The molecule has 70 valence electrons. The molecule has 3 atom stereocenters. The zero-order valence-corrected chi connectivity index (χ0v) is 7.57. The van der Waals surface area contributed by atoms with Gasteiger partial charge in [0.1, 0.15) is 0 Å². The number of aliphatic hydroxyl groups is 1. The van der Waals surface area contributed by atoms with Crippen molar-refractivity contribution in [3.8, 4) is 0 Å². The van der Waals surface area contributed by atoms with Crippen LogP contribution in [0.15, 0.2) is 0 Å². The number of likely N-dealkylation sites (tertiary alicyclic amines) is 1. The SMILES string of the molecule is CO[C@@H]1CCN(C2CC2CO)C1. The molecule has 2 fully saturated rings. The van der Waals surface area contributed by atoms with Crippen LogP contribution in [0.2, 0.25) is 0 Å². The lowest BCUT2D eigenvalue weighted by Gasteiger charge is -2.14. The number of ether oxygens (including phenoxy) is 1. The molecule has 1 N–H and O–H groups in total. The van der Waals surface area contributed by atoms with Crippen molar-refractivity contribution < 1.29 is 9.84 Å². The van der Waals surface area contributed by atoms with Gasteiger partial charge in [0, 0.05) is 32.8 Å². The smallest absolute Gasteiger partial charge is 0.0710 e. The Morgan fingerprint density at radius 3 is 2.92 bits per heavy atom. The summed E-state index contributed by atoms with van der Waals surface area (Å²) in [7, 11) is 1.78. The lowest BCUT2D eigenvalue weighted by atomic mass is 10.3. The minimum Gasteiger partial charge on any atom is -0.396 e. The number of hydrogen-bond donors (Lipinski definition) is 1. The number of rotatable bonds is 3. The molecule has 2 rings (SSSR count). The third kappa shape index (κ3) is 1.49. The summed E-state index contributed by atoms with van der Waals surface area (Å²) in [5, 5.41) is 8.90. The van der Waals surface area contributed by atoms with Crippen LogP contribution in [-0.4, -0.2) is 49.0 Å². The van der Waals surface area contributed by atoms with Crippen LogP contribution in [0.3, 0.4) is 0 Å². The topological polar surface area (TPSA) is 32.7 Å². The second kappa shape index (κ2) is 3.32. The van der Waals surface area contributed by atoms with E-state index in [0.717, 1.165) is 19.5 Å². The monoisotopic (exact) mass is 171 g/mol. The van der Waals surface area contributed by atoms with Crippen molar-refractivity contribution >= 4 is 0 Å². The molecule has 1 heterocycles. The van der Waals surface area contributed by atoms with Gasteiger partial charge in [-0.2, -0.15) is 0 Å². The molecular weight excluding hydrogens is 154 g/mol. The summed E-state index contributed by atoms with van der Waals surface area (Å²) in [6.07, 6.45) is 2.78. The van der Waals surface area contributed by atoms with Gasteiger partial charge in [0.05, 0.1) is 6.10 Å². The van der Waals surface area contributed by atoms with Crippen LogP contribution in [0.25, 0.3) is 0 Å². The Morgan fingerprint density at radius 2 is 2.42 bits per heavy atom. The van der Waals surface area contributed by atoms with Crippen molar-refractivity contribution in [3.63, 3.8) is 0 Å². The Kier molecular flexibility index (Phi) is 2.35. The molecule has 0 spiro atoms. The number of aliphatic hydroxyl groups excluding tert-OH is 1. The normalized spacial score (nSPS) is 42.0. The fourth-order valence-corrected chi connectivity index (χ4v) is 2.12. The standard InChI is InChI=1S/C9H17NO2/c1-12-8-2-3-10(5-8)9-4-7(9)6-11/h7-9,11H,2-6H2,1H3/t7?,8-,9?/m1/s1. The summed E-state index contributed by atoms with van der Waals surface area (Å²) in [5.41, 5.74) is 0. The first-order chi connectivity index (χ1) is 5.85. The van der Waals surface area contributed by atoms with Crippen molar-refractivity contribution in [2.75, 3.05) is 26.8 Å². The van der Waals surface area contributed by atoms with Crippen molar-refractivity contribution in [2.24, 2.45) is 5.92 Å². The zero-order chi connectivity index (χ0) is 8.55. The van der Waals surface area contributed by atoms with Crippen molar-refractivity contribution in [1.82, 2.24) is 4.90 Å². The third-order valence-corrected chi connectivity index (χ3v) is 3.10. The van der Waals surface area contributed by atoms with E-state index in [9.17, 15) is 0 Å². The first kappa shape index (κ1) is 8.48. The first-order valence-corrected chi connectivity index (χ1v) is 4.73. The van der Waals surface area contributed by atoms with E-state index in [4.69, 9.17) is 9.84 Å². The number of hydrogen-bond acceptors (Lipinski definition) is 3. The highest BCUT2D eigenvalue weighted by Gasteiger charge is 2.43. The molecular formula is C9H17NO2. The minimum atomic E-state index is 0.360. The van der Waals surface area contributed by atoms with Crippen molar-refractivity contribution in [1.29, 1.82) is 0 Å². The summed E-state index contributed by atoms with van der Waals surface area (Å²) in [6, 6.07) is 0.662. The fraction of sp³-hybridized carbons (Fsp3) is 1.00. The Labute approximate surface area is 73.3 Å². The summed E-state index contributed by atoms with van der Waals surface area (Å²) < 4.78 is 5.28. The molecule has 1 aliphatic carbocycles. The van der Waals surface area contributed by atoms with Gasteiger partial charge in [0.25, 0.3) is 0 Å². The lowest BCUT2D eigenvalue weighted by Crippen LogP contribution is -2.26. The van der Waals surface area contributed by atoms with Gasteiger partial charge >= 0.3 is 0 Å². The van der Waals surface area contributed by atoms with Gasteiger partial charge in [-0.3, -0.25) is 4.90 Å². The maximum absolute atomic E-state index is 8.90. The second-order valence-electron chi connectivity index (χ2n) is 3.89. The second-order valence-corrected chi connectivity index (χ2v) is 3.89. The van der Waals surface area contributed by atoms with Crippen molar-refractivity contribution in [2.45, 2.75) is 25.0 Å². The predicted molar refractivity (Wildman–Crippen MR) is 46.0 cm³/mol. The maximum atomic E-state index is 8.90. The summed E-state index contributed by atoms with van der Waals surface area (Å²) in [5.74, 6) is 0.556. The van der Waals surface area contributed by atoms with Crippen LogP contribution >= 0.6 is 0 Å². The van der Waals surface area contributed by atoms with Crippen LogP contribution in [0.1, 0.15) is 12.8 Å². The zero-order valence-electron chi connectivity index (χ0n) is 7.57. The molecule has 0 aromatic carbocycles. The Balaban J connectivity index is 1.77. The van der Waals surface area contributed by atoms with Gasteiger partial charge in [-0.05, 0) is 18.8 Å². The molecule has 0 aromatic heterocycles. The average Bonchev–Trinajstić information content (AvgIpc) is 2.75. The van der Waals surface area contributed by atoms with Gasteiger partial charge in [-0.1, -0.05) is 0 Å². The largest absolute Gasteiger partial charge is 0.396 e. The quantitative estimate of drug-likeness (QED) is 0.653. The van der Waals surface area contributed by atoms with Crippen LogP contribution in [-0.2, 0) is 4.74 Å². The van der Waals surface area contributed by atoms with E-state index in [1.54, 1.807) is 7.11 Å². The minimum absolute atomic E-state index is 0.360. The van der Waals surface area contributed by atoms with Gasteiger partial charge in [-0.15, -0.1) is 0 Å². The molecule has 0 bridgehead atoms. The lowest BCUT2D eigenvalue weighted by molar-refractivity contribution is 0.105. The predicted octanol–water partition coefficient (Wildman–Crippen LogP) is 0.0879. The van der Waals surface area contributed by atoms with Crippen LogP contribution in [0.4, 0.5) is 0 Å². The Morgan fingerprint density at radius 1 is 1.58 bits per heavy atom. The molecule has 2 aliphatic rings. The van der Waals surface area contributed by atoms with Crippen molar-refractivity contribution in [3.05, 3.63) is 0 Å². The molecule has 0 radical (unpaired) electrons. The Hall–Kier alpha value is -0.120. The molecule has 3 heteroatoms. The average molecular weight is 171 g/mol. The number of nitrogens with zero attached hydrogens (tertiary/aromatic N) is 1. The highest BCUT2D eigenvalue weighted by atomic mass is 16.5. The summed E-state index contributed by atoms with van der Waals surface area (Å²) in [4.78, 5) is 2.45. The van der Waals surface area contributed by atoms with Gasteiger partial charge in [0.15, 0.2) is 0 Å². The van der Waals surface area contributed by atoms with E-state index in [1.807, 2.05) is 0 Å². The molecule has 1 saturated heterocycles. The van der Waals surface area contributed by atoms with Crippen LogP contribution in [0.5, 0.6) is 0 Å². The molecule has 1 aliphatic heterocycles. The van der Waals surface area contributed by atoms with E-state index in [0.29, 0.717) is 24.7 Å². The molecule has 2 unspecified atom stereocenters. The fourth-order valence-electron chi connectivity index (χ4n) is 2.12. The van der Waals surface area contributed by atoms with Gasteiger partial charge in [-0.25, -0.2) is 0 Å². The van der Waals surface area contributed by atoms with E-state index < -0.39 is 0 Å². The molecule has 0 amide bonds. The highest BCUT2D eigenvalue weighted by Crippen LogP contribution is 2.37. The van der Waals surface area contributed by atoms with E-state index in [1.165, 1.54) is 6.42 Å². The van der Waals surface area contributed by atoms with E-state index >= 15 is 0 Å².